The van der Waals surface area contributed by atoms with Gasteiger partial charge in [-0.25, -0.2) is 4.79 Å². The Labute approximate surface area is 163 Å². The van der Waals surface area contributed by atoms with Crippen molar-refractivity contribution in [3.63, 3.8) is 0 Å². The molecule has 0 fully saturated rings. The SMILES string of the molecule is CC(C)(C)NC(=O)OC(C)(C)c1nnc([C@@H](N)Cc2c[nH]c3ccccc23)o1. The minimum atomic E-state index is -1.08. The van der Waals surface area contributed by atoms with E-state index >= 15 is 0 Å². The van der Waals surface area contributed by atoms with E-state index in [-0.39, 0.29) is 5.89 Å². The number of nitrogens with one attached hydrogen (secondary N) is 2. The van der Waals surface area contributed by atoms with Gasteiger partial charge in [0.05, 0.1) is 6.04 Å². The van der Waals surface area contributed by atoms with Gasteiger partial charge in [-0.3, -0.25) is 0 Å². The molecule has 1 amide bonds. The maximum atomic E-state index is 12.1. The minimum absolute atomic E-state index is 0.195. The first kappa shape index (κ1) is 19.9. The highest BCUT2D eigenvalue weighted by molar-refractivity contribution is 5.83. The van der Waals surface area contributed by atoms with Crippen LogP contribution in [0.2, 0.25) is 0 Å². The average Bonchev–Trinajstić information content (AvgIpc) is 3.20. The molecule has 1 atom stereocenters. The number of H-pyrrole nitrogens is 1. The van der Waals surface area contributed by atoms with Crippen molar-refractivity contribution >= 4 is 17.0 Å². The first-order valence-corrected chi connectivity index (χ1v) is 9.21. The van der Waals surface area contributed by atoms with Crippen LogP contribution in [0.15, 0.2) is 34.9 Å². The summed E-state index contributed by atoms with van der Waals surface area (Å²) in [5.74, 6) is 0.495. The van der Waals surface area contributed by atoms with Gasteiger partial charge in [-0.1, -0.05) is 18.2 Å². The molecule has 28 heavy (non-hydrogen) atoms. The highest BCUT2D eigenvalue weighted by atomic mass is 16.6. The quantitative estimate of drug-likeness (QED) is 0.618. The molecular weight excluding hydrogens is 358 g/mol. The van der Waals surface area contributed by atoms with Crippen molar-refractivity contribution in [3.8, 4) is 0 Å². The van der Waals surface area contributed by atoms with E-state index < -0.39 is 23.3 Å². The Kier molecular flexibility index (Phi) is 5.16. The van der Waals surface area contributed by atoms with Crippen LogP contribution in [0.3, 0.4) is 0 Å². The van der Waals surface area contributed by atoms with Crippen molar-refractivity contribution in [2.45, 2.75) is 58.2 Å². The van der Waals surface area contributed by atoms with Gasteiger partial charge < -0.3 is 25.2 Å². The van der Waals surface area contributed by atoms with Gasteiger partial charge in [-0.05, 0) is 52.7 Å². The summed E-state index contributed by atoms with van der Waals surface area (Å²) >= 11 is 0. The second-order valence-corrected chi connectivity index (χ2v) is 8.39. The number of alkyl carbamates (subject to hydrolysis) is 1. The smallest absolute Gasteiger partial charge is 0.408 e. The molecule has 0 saturated carbocycles. The van der Waals surface area contributed by atoms with E-state index in [1.54, 1.807) is 13.8 Å². The van der Waals surface area contributed by atoms with Crippen LogP contribution in [0.4, 0.5) is 4.79 Å². The summed E-state index contributed by atoms with van der Waals surface area (Å²) in [6, 6.07) is 7.54. The zero-order valence-electron chi connectivity index (χ0n) is 16.9. The summed E-state index contributed by atoms with van der Waals surface area (Å²) in [4.78, 5) is 15.3. The lowest BCUT2D eigenvalue weighted by Crippen LogP contribution is -2.43. The fourth-order valence-corrected chi connectivity index (χ4v) is 2.86. The van der Waals surface area contributed by atoms with Crippen LogP contribution in [-0.4, -0.2) is 26.8 Å². The molecule has 2 aromatic heterocycles. The zero-order valence-corrected chi connectivity index (χ0v) is 16.9. The van der Waals surface area contributed by atoms with Gasteiger partial charge in [0.2, 0.25) is 5.89 Å². The summed E-state index contributed by atoms with van der Waals surface area (Å²) < 4.78 is 11.2. The normalized spacial score (nSPS) is 13.5. The molecule has 0 aliphatic carbocycles. The highest BCUT2D eigenvalue weighted by Gasteiger charge is 2.33. The monoisotopic (exact) mass is 385 g/mol. The van der Waals surface area contributed by atoms with Crippen molar-refractivity contribution in [1.29, 1.82) is 0 Å². The number of hydrogen-bond acceptors (Lipinski definition) is 6. The molecule has 0 radical (unpaired) electrons. The number of amides is 1. The standard InChI is InChI=1S/C20H27N5O3/c1-19(2,3)23-18(26)28-20(4,5)17-25-24-16(27-17)14(21)10-12-11-22-15-9-7-6-8-13(12)15/h6-9,11,14,22H,10,21H2,1-5H3,(H,23,26)/t14-/m0/s1. The number of carbonyl (C=O) groups is 1. The largest absolute Gasteiger partial charge is 0.433 e. The number of hydrogen-bond donors (Lipinski definition) is 3. The van der Waals surface area contributed by atoms with E-state index in [1.807, 2.05) is 51.2 Å². The number of aromatic amines is 1. The molecule has 8 heteroatoms. The van der Waals surface area contributed by atoms with Crippen LogP contribution in [0, 0.1) is 0 Å². The third-order valence-corrected chi connectivity index (χ3v) is 4.21. The molecule has 0 unspecified atom stereocenters. The number of nitrogens with two attached hydrogens (primary N) is 1. The third kappa shape index (κ3) is 4.51. The number of para-hydroxylation sites is 1. The number of nitrogens with zero attached hydrogens (tertiary/aromatic N) is 2. The zero-order chi connectivity index (χ0) is 20.5. The molecule has 1 aromatic carbocycles. The van der Waals surface area contributed by atoms with Gasteiger partial charge in [0.25, 0.3) is 5.89 Å². The van der Waals surface area contributed by atoms with E-state index in [0.717, 1.165) is 16.5 Å². The molecule has 150 valence electrons. The van der Waals surface area contributed by atoms with Crippen molar-refractivity contribution in [3.05, 3.63) is 47.8 Å². The molecule has 0 aliphatic rings. The molecule has 4 N–H and O–H groups in total. The van der Waals surface area contributed by atoms with Gasteiger partial charge in [0, 0.05) is 22.6 Å². The Bertz CT molecular complexity index is 968. The van der Waals surface area contributed by atoms with Crippen LogP contribution in [0.5, 0.6) is 0 Å². The number of ether oxygens (including phenoxy) is 1. The van der Waals surface area contributed by atoms with Crippen molar-refractivity contribution in [1.82, 2.24) is 20.5 Å². The summed E-state index contributed by atoms with van der Waals surface area (Å²) in [6.07, 6.45) is 1.92. The van der Waals surface area contributed by atoms with Crippen LogP contribution in [-0.2, 0) is 16.8 Å². The summed E-state index contributed by atoms with van der Waals surface area (Å²) in [5, 5.41) is 12.0. The van der Waals surface area contributed by atoms with Crippen molar-refractivity contribution in [2.24, 2.45) is 5.73 Å². The van der Waals surface area contributed by atoms with Crippen molar-refractivity contribution in [2.75, 3.05) is 0 Å². The van der Waals surface area contributed by atoms with Gasteiger partial charge in [0.1, 0.15) is 0 Å². The van der Waals surface area contributed by atoms with E-state index in [4.69, 9.17) is 14.9 Å². The fraction of sp³-hybridized carbons (Fsp3) is 0.450. The maximum Gasteiger partial charge on any atom is 0.408 e. The molecule has 2 heterocycles. The number of rotatable bonds is 5. The minimum Gasteiger partial charge on any atom is -0.433 e. The lowest BCUT2D eigenvalue weighted by Gasteiger charge is -2.25. The first-order chi connectivity index (χ1) is 13.0. The molecule has 8 nitrogen and oxygen atoms in total. The van der Waals surface area contributed by atoms with Gasteiger partial charge in [0.15, 0.2) is 5.60 Å². The Morgan fingerprint density at radius 3 is 2.68 bits per heavy atom. The van der Waals surface area contributed by atoms with Crippen LogP contribution < -0.4 is 11.1 Å². The number of fused-ring (bicyclic) bond motifs is 1. The Hall–Kier alpha value is -2.87. The van der Waals surface area contributed by atoms with Crippen molar-refractivity contribution < 1.29 is 13.9 Å². The molecule has 3 aromatic rings. The topological polar surface area (TPSA) is 119 Å². The number of carbonyl (C=O) groups excluding carboxylic acids is 1. The van der Waals surface area contributed by atoms with Crippen LogP contribution in [0.25, 0.3) is 10.9 Å². The predicted octanol–water partition coefficient (Wildman–Crippen LogP) is 3.55. The average molecular weight is 385 g/mol. The van der Waals surface area contributed by atoms with Gasteiger partial charge >= 0.3 is 6.09 Å². The van der Waals surface area contributed by atoms with E-state index in [2.05, 4.69) is 20.5 Å². The van der Waals surface area contributed by atoms with E-state index in [9.17, 15) is 4.79 Å². The lowest BCUT2D eigenvalue weighted by molar-refractivity contribution is 0.0117. The maximum absolute atomic E-state index is 12.1. The summed E-state index contributed by atoms with van der Waals surface area (Å²) in [5.41, 5.74) is 6.92. The van der Waals surface area contributed by atoms with Gasteiger partial charge in [-0.15, -0.1) is 10.2 Å². The number of aromatic nitrogens is 3. The number of benzene rings is 1. The van der Waals surface area contributed by atoms with E-state index in [1.165, 1.54) is 0 Å². The van der Waals surface area contributed by atoms with Crippen LogP contribution >= 0.6 is 0 Å². The summed E-state index contributed by atoms with van der Waals surface area (Å²) in [6.45, 7) is 9.00. The molecule has 0 saturated heterocycles. The Morgan fingerprint density at radius 2 is 1.96 bits per heavy atom. The molecule has 0 aliphatic heterocycles. The summed E-state index contributed by atoms with van der Waals surface area (Å²) in [7, 11) is 0. The Morgan fingerprint density at radius 1 is 1.25 bits per heavy atom. The molecule has 0 spiro atoms. The molecular formula is C20H27N5O3. The fourth-order valence-electron chi connectivity index (χ4n) is 2.86. The third-order valence-electron chi connectivity index (χ3n) is 4.21. The second kappa shape index (κ2) is 7.27. The van der Waals surface area contributed by atoms with E-state index in [0.29, 0.717) is 12.3 Å². The molecule has 0 bridgehead atoms. The first-order valence-electron chi connectivity index (χ1n) is 9.21. The van der Waals surface area contributed by atoms with Crippen LogP contribution in [0.1, 0.15) is 58.0 Å². The predicted molar refractivity (Wildman–Crippen MR) is 106 cm³/mol. The molecule has 3 rings (SSSR count). The second-order valence-electron chi connectivity index (χ2n) is 8.39. The highest BCUT2D eigenvalue weighted by Crippen LogP contribution is 2.27. The lowest BCUT2D eigenvalue weighted by atomic mass is 10.1. The van der Waals surface area contributed by atoms with Gasteiger partial charge in [-0.2, -0.15) is 0 Å². The Balaban J connectivity index is 1.71.